The first-order chi connectivity index (χ1) is 19.7. The highest BCUT2D eigenvalue weighted by Gasteiger charge is 2.30. The molecule has 3 aromatic rings. The molecule has 0 bridgehead atoms. The lowest BCUT2D eigenvalue weighted by molar-refractivity contribution is 0.0933. The number of ether oxygens (including phenoxy) is 4. The molecule has 1 saturated heterocycles. The summed E-state index contributed by atoms with van der Waals surface area (Å²) < 4.78 is 51.9. The molecule has 1 aliphatic rings. The van der Waals surface area contributed by atoms with E-state index < -0.39 is 22.0 Å². The van der Waals surface area contributed by atoms with Crippen molar-refractivity contribution in [2.45, 2.75) is 25.3 Å². The zero-order valence-corrected chi connectivity index (χ0v) is 25.1. The Hall–Kier alpha value is -3.46. The molecular formula is C27H34N4O8S2. The van der Waals surface area contributed by atoms with E-state index in [4.69, 9.17) is 18.9 Å². The van der Waals surface area contributed by atoms with E-state index in [-0.39, 0.29) is 43.2 Å². The summed E-state index contributed by atoms with van der Waals surface area (Å²) in [5, 5.41) is 0. The molecule has 0 saturated carbocycles. The van der Waals surface area contributed by atoms with Crippen molar-refractivity contribution >= 4 is 43.6 Å². The minimum absolute atomic E-state index is 0.0615. The molecule has 4 rings (SSSR count). The van der Waals surface area contributed by atoms with E-state index in [1.54, 1.807) is 21.1 Å². The maximum Gasteiger partial charge on any atom is 0.409 e. The van der Waals surface area contributed by atoms with Crippen LogP contribution < -0.4 is 14.3 Å². The fourth-order valence-electron chi connectivity index (χ4n) is 4.39. The molecular weight excluding hydrogens is 572 g/mol. The monoisotopic (exact) mass is 606 g/mol. The number of sulfonamides is 1. The van der Waals surface area contributed by atoms with E-state index in [0.717, 1.165) is 10.2 Å². The van der Waals surface area contributed by atoms with Crippen molar-refractivity contribution in [1.29, 1.82) is 0 Å². The van der Waals surface area contributed by atoms with Gasteiger partial charge in [0.15, 0.2) is 16.3 Å². The lowest BCUT2D eigenvalue weighted by Gasteiger charge is -2.33. The number of carbonyl (C=O) groups is 2. The van der Waals surface area contributed by atoms with E-state index in [1.807, 2.05) is 23.6 Å². The first-order valence-corrected chi connectivity index (χ1v) is 15.4. The van der Waals surface area contributed by atoms with Gasteiger partial charge < -0.3 is 28.4 Å². The van der Waals surface area contributed by atoms with Gasteiger partial charge >= 0.3 is 6.09 Å². The van der Waals surface area contributed by atoms with Gasteiger partial charge in [-0.25, -0.2) is 13.2 Å². The van der Waals surface area contributed by atoms with Gasteiger partial charge in [-0.2, -0.15) is 9.30 Å². The molecule has 0 radical (unpaired) electrons. The molecule has 0 unspecified atom stereocenters. The standard InChI is InChI=1S/C27H34N4O8S2/c1-5-38-16-15-31-21-17-22(36-3)23(37-4)18-24(21)40-26(31)28-25(32)19-7-9-20(10-8-19)41(34,35)30-13-11-29(12-14-30)27(33)39-6-2/h7-10,17-18H,5-6,11-16H2,1-4H3. The van der Waals surface area contributed by atoms with Crippen LogP contribution in [0.3, 0.4) is 0 Å². The molecule has 41 heavy (non-hydrogen) atoms. The van der Waals surface area contributed by atoms with Crippen molar-refractivity contribution in [1.82, 2.24) is 13.8 Å². The van der Waals surface area contributed by atoms with E-state index in [9.17, 15) is 18.0 Å². The van der Waals surface area contributed by atoms with Crippen molar-refractivity contribution in [2.75, 3.05) is 60.2 Å². The number of fused-ring (bicyclic) bond motifs is 1. The van der Waals surface area contributed by atoms with Crippen LogP contribution in [-0.2, 0) is 26.0 Å². The number of aromatic nitrogens is 1. The van der Waals surface area contributed by atoms with Crippen LogP contribution in [0.4, 0.5) is 4.79 Å². The summed E-state index contributed by atoms with van der Waals surface area (Å²) in [5.41, 5.74) is 1.07. The van der Waals surface area contributed by atoms with Gasteiger partial charge in [0.1, 0.15) is 0 Å². The Bertz CT molecular complexity index is 1560. The molecule has 14 heteroatoms. The Balaban J connectivity index is 1.57. The van der Waals surface area contributed by atoms with E-state index in [0.29, 0.717) is 36.1 Å². The number of nitrogens with zero attached hydrogens (tertiary/aromatic N) is 4. The van der Waals surface area contributed by atoms with Crippen molar-refractivity contribution in [3.63, 3.8) is 0 Å². The number of methoxy groups -OCH3 is 2. The maximum atomic E-state index is 13.2. The van der Waals surface area contributed by atoms with E-state index in [2.05, 4.69) is 4.99 Å². The summed E-state index contributed by atoms with van der Waals surface area (Å²) in [6.45, 7) is 6.13. The van der Waals surface area contributed by atoms with Gasteiger partial charge in [0, 0.05) is 57.0 Å². The first kappa shape index (κ1) is 30.5. The number of benzene rings is 2. The van der Waals surface area contributed by atoms with Crippen LogP contribution in [0.5, 0.6) is 11.5 Å². The van der Waals surface area contributed by atoms with Crippen molar-refractivity contribution in [2.24, 2.45) is 4.99 Å². The molecule has 1 aliphatic heterocycles. The van der Waals surface area contributed by atoms with Crippen LogP contribution in [0, 0.1) is 0 Å². The Morgan fingerprint density at radius 2 is 1.61 bits per heavy atom. The molecule has 0 atom stereocenters. The van der Waals surface area contributed by atoms with Gasteiger partial charge in [0.05, 0.1) is 42.5 Å². The number of thiazole rings is 1. The second-order valence-corrected chi connectivity index (χ2v) is 11.9. The summed E-state index contributed by atoms with van der Waals surface area (Å²) in [7, 11) is -0.686. The lowest BCUT2D eigenvalue weighted by atomic mass is 10.2. The van der Waals surface area contributed by atoms with Gasteiger partial charge in [0.25, 0.3) is 5.91 Å². The SMILES string of the molecule is CCOCCn1c(=NC(=O)c2ccc(S(=O)(=O)N3CCN(C(=O)OCC)CC3)cc2)sc2cc(OC)c(OC)cc21. The highest BCUT2D eigenvalue weighted by Crippen LogP contribution is 2.33. The van der Waals surface area contributed by atoms with Crippen LogP contribution in [0.15, 0.2) is 46.3 Å². The molecule has 0 N–H and O–H groups in total. The molecule has 12 nitrogen and oxygen atoms in total. The van der Waals surface area contributed by atoms with Crippen LogP contribution >= 0.6 is 11.3 Å². The summed E-state index contributed by atoms with van der Waals surface area (Å²) in [4.78, 5) is 31.5. The predicted molar refractivity (Wildman–Crippen MR) is 153 cm³/mol. The summed E-state index contributed by atoms with van der Waals surface area (Å²) in [5.74, 6) is 0.614. The third-order valence-electron chi connectivity index (χ3n) is 6.55. The average Bonchev–Trinajstić information content (AvgIpc) is 3.32. The third kappa shape index (κ3) is 6.72. The fourth-order valence-corrected chi connectivity index (χ4v) is 6.88. The zero-order chi connectivity index (χ0) is 29.6. The van der Waals surface area contributed by atoms with Crippen molar-refractivity contribution in [3.05, 3.63) is 46.8 Å². The number of hydrogen-bond acceptors (Lipinski definition) is 9. The highest BCUT2D eigenvalue weighted by atomic mass is 32.2. The average molecular weight is 607 g/mol. The number of amides is 2. The first-order valence-electron chi connectivity index (χ1n) is 13.2. The second-order valence-electron chi connectivity index (χ2n) is 8.94. The number of carbonyl (C=O) groups excluding carboxylic acids is 2. The predicted octanol–water partition coefficient (Wildman–Crippen LogP) is 2.96. The largest absolute Gasteiger partial charge is 0.493 e. The normalized spacial score (nSPS) is 14.8. The van der Waals surface area contributed by atoms with Crippen LogP contribution in [0.2, 0.25) is 0 Å². The Labute approximate surface area is 242 Å². The zero-order valence-electron chi connectivity index (χ0n) is 23.5. The Kier molecular flexibility index (Phi) is 10.0. The minimum Gasteiger partial charge on any atom is -0.493 e. The second kappa shape index (κ2) is 13.5. The molecule has 2 amide bonds. The number of rotatable bonds is 10. The summed E-state index contributed by atoms with van der Waals surface area (Å²) in [6.07, 6.45) is -0.452. The van der Waals surface area contributed by atoms with Gasteiger partial charge in [-0.3, -0.25) is 4.79 Å². The Morgan fingerprint density at radius 1 is 0.951 bits per heavy atom. The fraction of sp³-hybridized carbons (Fsp3) is 0.444. The number of piperazine rings is 1. The third-order valence-corrected chi connectivity index (χ3v) is 9.51. The van der Waals surface area contributed by atoms with E-state index in [1.165, 1.54) is 44.8 Å². The van der Waals surface area contributed by atoms with Crippen LogP contribution in [0.1, 0.15) is 24.2 Å². The van der Waals surface area contributed by atoms with Gasteiger partial charge in [0.2, 0.25) is 10.0 Å². The highest BCUT2D eigenvalue weighted by molar-refractivity contribution is 7.89. The quantitative estimate of drug-likeness (QED) is 0.322. The van der Waals surface area contributed by atoms with Crippen molar-refractivity contribution < 1.29 is 37.0 Å². The van der Waals surface area contributed by atoms with Gasteiger partial charge in [-0.1, -0.05) is 11.3 Å². The number of hydrogen-bond donors (Lipinski definition) is 0. The molecule has 1 aromatic heterocycles. The van der Waals surface area contributed by atoms with Gasteiger partial charge in [-0.15, -0.1) is 0 Å². The van der Waals surface area contributed by atoms with Crippen LogP contribution in [-0.4, -0.2) is 94.4 Å². The molecule has 0 spiro atoms. The van der Waals surface area contributed by atoms with E-state index >= 15 is 0 Å². The molecule has 0 aliphatic carbocycles. The molecule has 222 valence electrons. The Morgan fingerprint density at radius 3 is 2.22 bits per heavy atom. The maximum absolute atomic E-state index is 13.2. The molecule has 1 fully saturated rings. The minimum atomic E-state index is -3.80. The molecule has 2 heterocycles. The van der Waals surface area contributed by atoms with Crippen LogP contribution in [0.25, 0.3) is 10.2 Å². The smallest absolute Gasteiger partial charge is 0.409 e. The van der Waals surface area contributed by atoms with Crippen molar-refractivity contribution in [3.8, 4) is 11.5 Å². The molecule has 2 aromatic carbocycles. The summed E-state index contributed by atoms with van der Waals surface area (Å²) in [6, 6.07) is 9.40. The lowest BCUT2D eigenvalue weighted by Crippen LogP contribution is -2.50. The topological polar surface area (TPSA) is 129 Å². The van der Waals surface area contributed by atoms with Gasteiger partial charge in [-0.05, 0) is 38.1 Å². The summed E-state index contributed by atoms with van der Waals surface area (Å²) >= 11 is 1.33.